The second kappa shape index (κ2) is 9.68. The number of hydrogen-bond donors (Lipinski definition) is 2. The van der Waals surface area contributed by atoms with Crippen molar-refractivity contribution in [2.45, 2.75) is 50.1 Å². The number of amides is 1. The van der Waals surface area contributed by atoms with Gasteiger partial charge in [-0.05, 0) is 68.1 Å². The molecule has 8 heteroatoms. The molecule has 2 aromatic carbocycles. The van der Waals surface area contributed by atoms with Gasteiger partial charge in [0.05, 0.1) is 10.9 Å². The van der Waals surface area contributed by atoms with Gasteiger partial charge in [0.25, 0.3) is 0 Å². The van der Waals surface area contributed by atoms with Gasteiger partial charge in [-0.2, -0.15) is 0 Å². The number of likely N-dealkylation sites (tertiary alicyclic amines) is 1. The fraction of sp³-hybridized carbons (Fsp3) is 0.409. The van der Waals surface area contributed by atoms with E-state index < -0.39 is 15.8 Å². The summed E-state index contributed by atoms with van der Waals surface area (Å²) in [5.74, 6) is -0.555. The molecule has 162 valence electrons. The normalized spacial score (nSPS) is 16.9. The number of aryl methyl sites for hydroxylation is 1. The monoisotopic (exact) mass is 433 g/mol. The number of carbonyl (C=O) groups is 1. The maximum Gasteiger partial charge on any atom is 0.241 e. The first-order chi connectivity index (χ1) is 14.3. The van der Waals surface area contributed by atoms with Crippen LogP contribution in [0.15, 0.2) is 53.4 Å². The van der Waals surface area contributed by atoms with Gasteiger partial charge in [0, 0.05) is 24.8 Å². The van der Waals surface area contributed by atoms with Crippen LogP contribution in [0.2, 0.25) is 0 Å². The third-order valence-corrected chi connectivity index (χ3v) is 7.07. The summed E-state index contributed by atoms with van der Waals surface area (Å²) in [5.41, 5.74) is 1.98. The fourth-order valence-electron chi connectivity index (χ4n) is 3.54. The van der Waals surface area contributed by atoms with Gasteiger partial charge in [0.1, 0.15) is 5.82 Å². The van der Waals surface area contributed by atoms with E-state index in [4.69, 9.17) is 0 Å². The number of halogens is 1. The summed E-state index contributed by atoms with van der Waals surface area (Å²) < 4.78 is 40.7. The molecule has 1 heterocycles. The molecule has 0 spiro atoms. The number of nitrogens with one attached hydrogen (secondary N) is 2. The van der Waals surface area contributed by atoms with Crippen LogP contribution in [0.5, 0.6) is 0 Å². The van der Waals surface area contributed by atoms with Crippen molar-refractivity contribution in [2.75, 3.05) is 18.4 Å². The lowest BCUT2D eigenvalue weighted by Crippen LogP contribution is -2.50. The zero-order chi connectivity index (χ0) is 21.7. The number of anilines is 1. The minimum atomic E-state index is -3.69. The molecule has 0 bridgehead atoms. The first kappa shape index (κ1) is 22.4. The van der Waals surface area contributed by atoms with Crippen molar-refractivity contribution in [1.82, 2.24) is 9.62 Å². The number of piperidine rings is 1. The van der Waals surface area contributed by atoms with E-state index in [9.17, 15) is 17.6 Å². The molecule has 1 fully saturated rings. The van der Waals surface area contributed by atoms with Gasteiger partial charge in [-0.3, -0.25) is 9.69 Å². The van der Waals surface area contributed by atoms with Crippen LogP contribution in [0.3, 0.4) is 0 Å². The van der Waals surface area contributed by atoms with E-state index in [0.29, 0.717) is 25.9 Å². The Morgan fingerprint density at radius 1 is 1.10 bits per heavy atom. The third-order valence-electron chi connectivity index (χ3n) is 5.53. The average molecular weight is 434 g/mol. The Morgan fingerprint density at radius 3 is 2.27 bits per heavy atom. The van der Waals surface area contributed by atoms with Crippen molar-refractivity contribution in [3.8, 4) is 0 Å². The van der Waals surface area contributed by atoms with Crippen LogP contribution in [0.4, 0.5) is 10.1 Å². The van der Waals surface area contributed by atoms with E-state index in [1.54, 1.807) is 0 Å². The highest BCUT2D eigenvalue weighted by Gasteiger charge is 2.29. The number of carbonyl (C=O) groups excluding carboxylic acids is 1. The van der Waals surface area contributed by atoms with Crippen LogP contribution in [0.25, 0.3) is 0 Å². The Hall–Kier alpha value is -2.29. The van der Waals surface area contributed by atoms with Crippen LogP contribution in [0.1, 0.15) is 32.3 Å². The largest absolute Gasteiger partial charge is 0.325 e. The van der Waals surface area contributed by atoms with E-state index >= 15 is 0 Å². The molecule has 0 aliphatic carbocycles. The minimum Gasteiger partial charge on any atom is -0.325 e. The number of rotatable bonds is 7. The van der Waals surface area contributed by atoms with E-state index in [2.05, 4.69) is 21.9 Å². The summed E-state index contributed by atoms with van der Waals surface area (Å²) in [6.45, 7) is 5.16. The number of nitrogens with zero attached hydrogens (tertiary/aromatic N) is 1. The highest BCUT2D eigenvalue weighted by atomic mass is 32.2. The topological polar surface area (TPSA) is 78.5 Å². The molecule has 0 radical (unpaired) electrons. The van der Waals surface area contributed by atoms with Gasteiger partial charge in [0.15, 0.2) is 0 Å². The molecule has 30 heavy (non-hydrogen) atoms. The predicted octanol–water partition coefficient (Wildman–Crippen LogP) is 3.16. The fourth-order valence-corrected chi connectivity index (χ4v) is 4.85. The number of benzene rings is 2. The second-order valence-corrected chi connectivity index (χ2v) is 9.32. The molecular formula is C22H28FN3O3S. The number of sulfonamides is 1. The van der Waals surface area contributed by atoms with Crippen molar-refractivity contribution in [3.05, 3.63) is 59.9 Å². The van der Waals surface area contributed by atoms with E-state index in [-0.39, 0.29) is 22.9 Å². The van der Waals surface area contributed by atoms with Crippen molar-refractivity contribution < 1.29 is 17.6 Å². The number of hydrogen-bond acceptors (Lipinski definition) is 4. The molecule has 6 nitrogen and oxygen atoms in total. The Morgan fingerprint density at radius 2 is 1.70 bits per heavy atom. The molecule has 2 N–H and O–H groups in total. The summed E-state index contributed by atoms with van der Waals surface area (Å²) in [4.78, 5) is 14.7. The van der Waals surface area contributed by atoms with Crippen LogP contribution >= 0.6 is 0 Å². The third kappa shape index (κ3) is 5.65. The summed E-state index contributed by atoms with van der Waals surface area (Å²) in [6.07, 6.45) is 2.15. The van der Waals surface area contributed by atoms with Crippen LogP contribution < -0.4 is 10.0 Å². The maximum atomic E-state index is 13.0. The summed E-state index contributed by atoms with van der Waals surface area (Å²) in [5, 5.41) is 2.94. The van der Waals surface area contributed by atoms with Crippen LogP contribution in [0, 0.1) is 5.82 Å². The Bertz CT molecular complexity index is 954. The quantitative estimate of drug-likeness (QED) is 0.703. The second-order valence-electron chi connectivity index (χ2n) is 7.60. The molecule has 1 unspecified atom stereocenters. The zero-order valence-corrected chi connectivity index (χ0v) is 18.1. The molecule has 0 aromatic heterocycles. The summed E-state index contributed by atoms with van der Waals surface area (Å²) in [6, 6.07) is 12.1. The molecule has 1 aliphatic heterocycles. The zero-order valence-electron chi connectivity index (χ0n) is 17.3. The molecular weight excluding hydrogens is 405 g/mol. The Labute approximate surface area is 177 Å². The molecule has 1 amide bonds. The van der Waals surface area contributed by atoms with Crippen molar-refractivity contribution in [2.24, 2.45) is 0 Å². The summed E-state index contributed by atoms with van der Waals surface area (Å²) >= 11 is 0. The summed E-state index contributed by atoms with van der Waals surface area (Å²) in [7, 11) is -3.69. The highest BCUT2D eigenvalue weighted by Crippen LogP contribution is 2.18. The first-order valence-corrected chi connectivity index (χ1v) is 11.7. The van der Waals surface area contributed by atoms with Gasteiger partial charge >= 0.3 is 0 Å². The molecule has 1 aliphatic rings. The SMILES string of the molecule is CCc1ccc(NC(=O)C(C)N2CCC(NS(=O)(=O)c3ccc(F)cc3)CC2)cc1. The highest BCUT2D eigenvalue weighted by molar-refractivity contribution is 7.89. The Balaban J connectivity index is 1.51. The van der Waals surface area contributed by atoms with Crippen LogP contribution in [-0.2, 0) is 21.2 Å². The lowest BCUT2D eigenvalue weighted by Gasteiger charge is -2.35. The molecule has 2 aromatic rings. The lowest BCUT2D eigenvalue weighted by atomic mass is 10.0. The predicted molar refractivity (Wildman–Crippen MR) is 115 cm³/mol. The Kier molecular flexibility index (Phi) is 7.23. The lowest BCUT2D eigenvalue weighted by molar-refractivity contribution is -0.121. The van der Waals surface area contributed by atoms with Crippen molar-refractivity contribution in [3.63, 3.8) is 0 Å². The molecule has 1 saturated heterocycles. The van der Waals surface area contributed by atoms with Gasteiger partial charge in [0.2, 0.25) is 15.9 Å². The van der Waals surface area contributed by atoms with Crippen LogP contribution in [-0.4, -0.2) is 44.4 Å². The maximum absolute atomic E-state index is 13.0. The van der Waals surface area contributed by atoms with Crippen molar-refractivity contribution in [1.29, 1.82) is 0 Å². The molecule has 0 saturated carbocycles. The van der Waals surface area contributed by atoms with Gasteiger partial charge in [-0.25, -0.2) is 17.5 Å². The standard InChI is InChI=1S/C22H28FN3O3S/c1-3-17-4-8-19(9-5-17)24-22(27)16(2)26-14-12-20(13-15-26)25-30(28,29)21-10-6-18(23)7-11-21/h4-11,16,20,25H,3,12-15H2,1-2H3,(H,24,27). The van der Waals surface area contributed by atoms with E-state index in [1.807, 2.05) is 31.2 Å². The van der Waals surface area contributed by atoms with E-state index in [0.717, 1.165) is 24.2 Å². The van der Waals surface area contributed by atoms with Gasteiger partial charge < -0.3 is 5.32 Å². The van der Waals surface area contributed by atoms with Gasteiger partial charge in [-0.1, -0.05) is 19.1 Å². The molecule has 3 rings (SSSR count). The van der Waals surface area contributed by atoms with Crippen molar-refractivity contribution >= 4 is 21.6 Å². The average Bonchev–Trinajstić information content (AvgIpc) is 2.74. The smallest absolute Gasteiger partial charge is 0.241 e. The first-order valence-electron chi connectivity index (χ1n) is 10.2. The minimum absolute atomic E-state index is 0.0492. The van der Waals surface area contributed by atoms with E-state index in [1.165, 1.54) is 17.7 Å². The molecule has 1 atom stereocenters. The van der Waals surface area contributed by atoms with Gasteiger partial charge in [-0.15, -0.1) is 0 Å².